The van der Waals surface area contributed by atoms with Gasteiger partial charge in [0.25, 0.3) is 0 Å². The molecule has 1 spiro atoms. The van der Waals surface area contributed by atoms with Crippen LogP contribution in [0.2, 0.25) is 0 Å². The monoisotopic (exact) mass is 1070 g/mol. The number of nitrogens with two attached hydrogens (primary N) is 2. The molecule has 3 heterocycles. The summed E-state index contributed by atoms with van der Waals surface area (Å²) >= 11 is 0. The molecule has 3 aliphatic rings. The molecule has 3 saturated heterocycles. The minimum absolute atomic E-state index is 0.0301. The van der Waals surface area contributed by atoms with Gasteiger partial charge in [-0.2, -0.15) is 0 Å². The minimum atomic E-state index is -1.02. The first kappa shape index (κ1) is 62.2. The van der Waals surface area contributed by atoms with Crippen LogP contribution < -0.4 is 48.7 Å². The highest BCUT2D eigenvalue weighted by Crippen LogP contribution is 2.43. The molecule has 11 N–H and O–H groups in total. The van der Waals surface area contributed by atoms with Gasteiger partial charge in [0.2, 0.25) is 29.5 Å². The number of hydrogen-bond donors (Lipinski definition) is 9. The molecule has 1 aromatic carbocycles. The number of carbonyl (C=O) groups is 8. The van der Waals surface area contributed by atoms with Crippen molar-refractivity contribution in [3.05, 3.63) is 65.8 Å². The van der Waals surface area contributed by atoms with Crippen LogP contribution in [0.15, 0.2) is 60.2 Å². The van der Waals surface area contributed by atoms with Gasteiger partial charge in [-0.25, -0.2) is 9.59 Å². The molecule has 422 valence electrons. The molecule has 22 heteroatoms. The van der Waals surface area contributed by atoms with Crippen LogP contribution >= 0.6 is 0 Å². The molecule has 1 aromatic rings. The van der Waals surface area contributed by atoms with E-state index in [0.717, 1.165) is 24.8 Å². The van der Waals surface area contributed by atoms with Crippen LogP contribution in [0.5, 0.6) is 0 Å². The van der Waals surface area contributed by atoms with E-state index < -0.39 is 54.2 Å². The third-order valence-corrected chi connectivity index (χ3v) is 13.3. The molecule has 0 radical (unpaired) electrons. The quantitative estimate of drug-likeness (QED) is 0.0137. The topological polar surface area (TPSA) is 322 Å². The number of unbranched alkanes of at least 4 members (excludes halogenated alkanes) is 2. The Labute approximate surface area is 446 Å². The number of anilines is 1. The SMILES string of the molecule is CC(=O)OC(C)/C=C\C(=O)N[C@@H]1C[C@H](C)[C@H](C/C=C(C)/C=C/[C@@H]2C[C@]3(CO3)C[C@@H](CC(=O)NCNC(=O)OCc3ccc(NC(=O)[C@H](CCCNC(N)=O)NC(=O)[C@@H](NC(=O)CCCCCN)C(C)C)cc3)O2)O[C@@H]1C. The molecule has 4 rings (SSSR count). The minimum Gasteiger partial charge on any atom is -0.459 e. The summed E-state index contributed by atoms with van der Waals surface area (Å²) in [5, 5.41) is 19.0. The number of ether oxygens (including phenoxy) is 5. The first-order valence-corrected chi connectivity index (χ1v) is 26.5. The van der Waals surface area contributed by atoms with Gasteiger partial charge in [0, 0.05) is 44.5 Å². The zero-order valence-corrected chi connectivity index (χ0v) is 45.2. The molecule has 1 unspecified atom stereocenters. The maximum absolute atomic E-state index is 13.5. The highest BCUT2D eigenvalue weighted by molar-refractivity contribution is 5.98. The summed E-state index contributed by atoms with van der Waals surface area (Å²) in [7, 11) is 0. The summed E-state index contributed by atoms with van der Waals surface area (Å²) in [6.07, 6.45) is 12.6. The molecule has 0 bridgehead atoms. The Hall–Kier alpha value is -6.36. The smallest absolute Gasteiger partial charge is 0.408 e. The van der Waals surface area contributed by atoms with Gasteiger partial charge >= 0.3 is 18.1 Å². The number of rotatable bonds is 29. The highest BCUT2D eigenvalue weighted by atomic mass is 16.6. The number of hydrogen-bond acceptors (Lipinski definition) is 14. The maximum Gasteiger partial charge on any atom is 0.408 e. The number of epoxide rings is 1. The predicted octanol–water partition coefficient (Wildman–Crippen LogP) is 3.92. The van der Waals surface area contributed by atoms with Crippen LogP contribution in [0.25, 0.3) is 0 Å². The fourth-order valence-corrected chi connectivity index (χ4v) is 8.92. The van der Waals surface area contributed by atoms with Crippen LogP contribution in [0.4, 0.5) is 15.3 Å². The predicted molar refractivity (Wildman–Crippen MR) is 284 cm³/mol. The van der Waals surface area contributed by atoms with Gasteiger partial charge in [-0.1, -0.05) is 63.1 Å². The van der Waals surface area contributed by atoms with E-state index in [0.29, 0.717) is 56.5 Å². The second kappa shape index (κ2) is 31.6. The Kier molecular flexibility index (Phi) is 25.9. The van der Waals surface area contributed by atoms with E-state index in [1.165, 1.54) is 13.0 Å². The lowest BCUT2D eigenvalue weighted by Gasteiger charge is -2.39. The summed E-state index contributed by atoms with van der Waals surface area (Å²) in [6, 6.07) is 3.76. The van der Waals surface area contributed by atoms with Crippen LogP contribution in [0.1, 0.15) is 125 Å². The largest absolute Gasteiger partial charge is 0.459 e. The van der Waals surface area contributed by atoms with Crippen molar-refractivity contribution in [1.29, 1.82) is 0 Å². The van der Waals surface area contributed by atoms with Crippen molar-refractivity contribution in [2.24, 2.45) is 23.3 Å². The van der Waals surface area contributed by atoms with Gasteiger partial charge in [-0.15, -0.1) is 0 Å². The van der Waals surface area contributed by atoms with E-state index in [4.69, 9.17) is 35.2 Å². The van der Waals surface area contributed by atoms with Crippen molar-refractivity contribution < 1.29 is 62.0 Å². The zero-order chi connectivity index (χ0) is 55.8. The molecule has 0 aromatic heterocycles. The van der Waals surface area contributed by atoms with E-state index in [1.54, 1.807) is 51.1 Å². The fraction of sp³-hybridized carbons (Fsp3) is 0.630. The fourth-order valence-electron chi connectivity index (χ4n) is 8.92. The molecular formula is C54H83N9O13. The average Bonchev–Trinajstić information content (AvgIpc) is 4.10. The van der Waals surface area contributed by atoms with Gasteiger partial charge in [-0.05, 0) is 101 Å². The van der Waals surface area contributed by atoms with Crippen molar-refractivity contribution in [1.82, 2.24) is 31.9 Å². The first-order chi connectivity index (χ1) is 36.1. The van der Waals surface area contributed by atoms with Crippen molar-refractivity contribution in [2.45, 2.75) is 180 Å². The number of urea groups is 1. The number of nitrogens with one attached hydrogen (secondary N) is 7. The number of alkyl carbamates (subject to hydrolysis) is 1. The van der Waals surface area contributed by atoms with E-state index in [9.17, 15) is 38.4 Å². The highest BCUT2D eigenvalue weighted by Gasteiger charge is 2.51. The number of esters is 1. The third kappa shape index (κ3) is 23.3. The molecule has 0 saturated carbocycles. The standard InChI is InChI=1S/C54H83N9O13/c1-33(2)49(63-46(65)13-9-8-10-24-55)51(69)62-43(12-11-25-57-52(56)70)50(68)60-40-19-17-39(18-20-40)30-72-53(71)59-32-58-48(67)27-42-29-54(31-73-54)28-41(76-42)21-14-34(3)15-22-45-35(4)26-44(37(6)75-45)61-47(66)23-16-36(5)74-38(7)64/h14-21,23,33,35-37,41-45,49H,8-13,22,24-32,55H2,1-7H3,(H,58,67)(H,59,71)(H,60,68)(H,61,66)(H,62,69)(H,63,65)(H3,56,57,70)/b21-14+,23-16-,34-15+/t35-,36?,37+,41+,42+,43-,44+,45-,49-,54+/m0/s1. The number of primary amides is 1. The number of benzene rings is 1. The molecule has 3 aliphatic heterocycles. The molecule has 76 heavy (non-hydrogen) atoms. The average molecular weight is 1070 g/mol. The molecule has 10 atom stereocenters. The van der Waals surface area contributed by atoms with Crippen LogP contribution in [0.3, 0.4) is 0 Å². The van der Waals surface area contributed by atoms with E-state index in [2.05, 4.69) is 50.2 Å². The second-order valence-corrected chi connectivity index (χ2v) is 20.4. The maximum atomic E-state index is 13.5. The molecular weight excluding hydrogens is 983 g/mol. The van der Waals surface area contributed by atoms with E-state index in [-0.39, 0.29) is 98.6 Å². The van der Waals surface area contributed by atoms with Crippen LogP contribution in [-0.4, -0.2) is 128 Å². The van der Waals surface area contributed by atoms with Gasteiger partial charge < -0.3 is 72.4 Å². The van der Waals surface area contributed by atoms with Crippen LogP contribution in [0, 0.1) is 11.8 Å². The summed E-state index contributed by atoms with van der Waals surface area (Å²) in [4.78, 5) is 100.0. The summed E-state index contributed by atoms with van der Waals surface area (Å²) in [5.74, 6) is -2.40. The van der Waals surface area contributed by atoms with E-state index >= 15 is 0 Å². The van der Waals surface area contributed by atoms with Gasteiger partial charge in [0.15, 0.2) is 0 Å². The van der Waals surface area contributed by atoms with Gasteiger partial charge in [0.1, 0.15) is 24.8 Å². The first-order valence-electron chi connectivity index (χ1n) is 26.5. The Balaban J connectivity index is 1.18. The zero-order valence-electron chi connectivity index (χ0n) is 45.2. The Morgan fingerprint density at radius 3 is 2.28 bits per heavy atom. The Bertz CT molecular complexity index is 2200. The second-order valence-electron chi connectivity index (χ2n) is 20.4. The van der Waals surface area contributed by atoms with Crippen LogP contribution in [-0.2, 0) is 59.1 Å². The molecule has 22 nitrogen and oxygen atoms in total. The van der Waals surface area contributed by atoms with Crippen molar-refractivity contribution in [3.8, 4) is 0 Å². The van der Waals surface area contributed by atoms with Gasteiger partial charge in [-0.3, -0.25) is 28.8 Å². The van der Waals surface area contributed by atoms with Crippen molar-refractivity contribution in [3.63, 3.8) is 0 Å². The Morgan fingerprint density at radius 1 is 0.868 bits per heavy atom. The number of amides is 8. The van der Waals surface area contributed by atoms with Crippen molar-refractivity contribution in [2.75, 3.05) is 31.7 Å². The lowest BCUT2D eigenvalue weighted by molar-refractivity contribution is -0.143. The van der Waals surface area contributed by atoms with Crippen molar-refractivity contribution >= 4 is 53.3 Å². The molecule has 0 aliphatic carbocycles. The summed E-state index contributed by atoms with van der Waals surface area (Å²) < 4.78 is 28.9. The molecule has 3 fully saturated rings. The lowest BCUT2D eigenvalue weighted by Crippen LogP contribution is -2.54. The summed E-state index contributed by atoms with van der Waals surface area (Å²) in [5.41, 5.74) is 12.4. The third-order valence-electron chi connectivity index (χ3n) is 13.3. The number of allylic oxidation sites excluding steroid dienone is 2. The van der Waals surface area contributed by atoms with Gasteiger partial charge in [0.05, 0.1) is 55.8 Å². The number of carbonyl (C=O) groups excluding carboxylic acids is 8. The molecule has 8 amide bonds. The Morgan fingerprint density at radius 2 is 1.61 bits per heavy atom. The summed E-state index contributed by atoms with van der Waals surface area (Å²) in [6.45, 7) is 13.7. The normalized spacial score (nSPS) is 23.5. The lowest BCUT2D eigenvalue weighted by atomic mass is 9.88. The van der Waals surface area contributed by atoms with E-state index in [1.807, 2.05) is 26.0 Å².